The van der Waals surface area contributed by atoms with Crippen LogP contribution in [0.5, 0.6) is 5.75 Å². The second kappa shape index (κ2) is 11.2. The van der Waals surface area contributed by atoms with Crippen molar-refractivity contribution in [3.8, 4) is 5.75 Å². The number of benzene rings is 2. The summed E-state index contributed by atoms with van der Waals surface area (Å²) in [6, 6.07) is 14.0. The fourth-order valence-electron chi connectivity index (χ4n) is 2.21. The summed E-state index contributed by atoms with van der Waals surface area (Å²) in [5.74, 6) is 0.368. The van der Waals surface area contributed by atoms with Crippen LogP contribution in [0.2, 0.25) is 10.0 Å². The van der Waals surface area contributed by atoms with Crippen molar-refractivity contribution in [3.05, 3.63) is 64.1 Å². The van der Waals surface area contributed by atoms with Gasteiger partial charge in [0.2, 0.25) is 11.0 Å². The predicted octanol–water partition coefficient (Wildman–Crippen LogP) is 4.38. The molecule has 0 spiro atoms. The number of ether oxygens (including phenoxy) is 1. The quantitative estimate of drug-likeness (QED) is 0.267. The fourth-order valence-corrected chi connectivity index (χ4v) is 4.28. The fraction of sp³-hybridized carbons (Fsp3) is 0.158. The van der Waals surface area contributed by atoms with E-state index in [4.69, 9.17) is 27.9 Å². The van der Waals surface area contributed by atoms with E-state index >= 15 is 0 Å². The molecule has 0 aliphatic rings. The van der Waals surface area contributed by atoms with E-state index < -0.39 is 5.91 Å². The van der Waals surface area contributed by atoms with Crippen LogP contribution in [0.3, 0.4) is 0 Å². The van der Waals surface area contributed by atoms with Gasteiger partial charge in [-0.15, -0.1) is 10.2 Å². The molecule has 0 unspecified atom stereocenters. The molecule has 156 valence electrons. The van der Waals surface area contributed by atoms with E-state index in [1.165, 1.54) is 35.2 Å². The van der Waals surface area contributed by atoms with Crippen molar-refractivity contribution < 1.29 is 14.3 Å². The third-order valence-electron chi connectivity index (χ3n) is 3.57. The minimum absolute atomic E-state index is 0.148. The number of carbonyl (C=O) groups is 2. The van der Waals surface area contributed by atoms with Crippen molar-refractivity contribution in [2.45, 2.75) is 4.34 Å². The van der Waals surface area contributed by atoms with Crippen LogP contribution in [0, 0.1) is 0 Å². The number of para-hydroxylation sites is 1. The minimum Gasteiger partial charge on any atom is -0.492 e. The van der Waals surface area contributed by atoms with E-state index in [9.17, 15) is 9.59 Å². The van der Waals surface area contributed by atoms with Crippen LogP contribution < -0.4 is 15.4 Å². The molecule has 0 saturated carbocycles. The van der Waals surface area contributed by atoms with Gasteiger partial charge in [-0.2, -0.15) is 0 Å². The van der Waals surface area contributed by atoms with Gasteiger partial charge in [-0.05, 0) is 30.3 Å². The zero-order valence-electron chi connectivity index (χ0n) is 15.4. The molecule has 3 rings (SSSR count). The highest BCUT2D eigenvalue weighted by Gasteiger charge is 2.14. The molecule has 0 fully saturated rings. The van der Waals surface area contributed by atoms with Gasteiger partial charge in [0.25, 0.3) is 5.91 Å². The first-order chi connectivity index (χ1) is 14.5. The molecule has 2 N–H and O–H groups in total. The summed E-state index contributed by atoms with van der Waals surface area (Å²) in [7, 11) is 0. The molecule has 30 heavy (non-hydrogen) atoms. The number of rotatable bonds is 9. The second-order valence-electron chi connectivity index (χ2n) is 5.75. The van der Waals surface area contributed by atoms with Gasteiger partial charge in [-0.3, -0.25) is 14.9 Å². The Kier molecular flexibility index (Phi) is 8.32. The average Bonchev–Trinajstić information content (AvgIpc) is 3.17. The van der Waals surface area contributed by atoms with Crippen LogP contribution >= 0.6 is 46.3 Å². The third-order valence-corrected chi connectivity index (χ3v) is 6.09. The molecule has 0 atom stereocenters. The Morgan fingerprint density at radius 1 is 1.10 bits per heavy atom. The van der Waals surface area contributed by atoms with E-state index in [-0.39, 0.29) is 22.2 Å². The molecule has 1 heterocycles. The molecule has 0 radical (unpaired) electrons. The summed E-state index contributed by atoms with van der Waals surface area (Å²) in [5, 5.41) is 14.3. The molecule has 2 amide bonds. The third kappa shape index (κ3) is 6.88. The van der Waals surface area contributed by atoms with Crippen LogP contribution in [0.25, 0.3) is 0 Å². The SMILES string of the molecule is O=C(CSc1nnc(NC(=O)c2ccc(Cl)cc2Cl)s1)NCCOc1ccccc1. The van der Waals surface area contributed by atoms with Gasteiger partial charge < -0.3 is 10.1 Å². The Labute approximate surface area is 191 Å². The van der Waals surface area contributed by atoms with Crippen LogP contribution in [-0.4, -0.2) is 40.9 Å². The molecular formula is C19H16Cl2N4O3S2. The summed E-state index contributed by atoms with van der Waals surface area (Å²) < 4.78 is 6.07. The standard InChI is InChI=1S/C19H16Cl2N4O3S2/c20-12-6-7-14(15(21)10-12)17(27)23-18-24-25-19(30-18)29-11-16(26)22-8-9-28-13-4-2-1-3-5-13/h1-7,10H,8-9,11H2,(H,22,26)(H,23,24,27). The van der Waals surface area contributed by atoms with E-state index in [0.29, 0.717) is 27.6 Å². The van der Waals surface area contributed by atoms with Gasteiger partial charge in [0.15, 0.2) is 4.34 Å². The second-order valence-corrected chi connectivity index (χ2v) is 8.80. The first kappa shape index (κ1) is 22.4. The first-order valence-corrected chi connectivity index (χ1v) is 11.2. The molecule has 2 aromatic carbocycles. The van der Waals surface area contributed by atoms with Crippen molar-refractivity contribution in [2.24, 2.45) is 0 Å². The minimum atomic E-state index is -0.416. The van der Waals surface area contributed by atoms with Crippen molar-refractivity contribution >= 4 is 63.2 Å². The number of anilines is 1. The normalized spacial score (nSPS) is 10.5. The Morgan fingerprint density at radius 2 is 1.90 bits per heavy atom. The number of amides is 2. The molecule has 0 saturated heterocycles. The highest BCUT2D eigenvalue weighted by Crippen LogP contribution is 2.27. The Bertz CT molecular complexity index is 1020. The summed E-state index contributed by atoms with van der Waals surface area (Å²) in [6.45, 7) is 0.774. The van der Waals surface area contributed by atoms with Crippen LogP contribution in [-0.2, 0) is 4.79 Å². The molecule has 0 bridgehead atoms. The smallest absolute Gasteiger partial charge is 0.259 e. The Morgan fingerprint density at radius 3 is 2.67 bits per heavy atom. The molecular weight excluding hydrogens is 467 g/mol. The maximum Gasteiger partial charge on any atom is 0.259 e. The summed E-state index contributed by atoms with van der Waals surface area (Å²) in [6.07, 6.45) is 0. The lowest BCUT2D eigenvalue weighted by atomic mass is 10.2. The number of nitrogens with zero attached hydrogens (tertiary/aromatic N) is 2. The van der Waals surface area contributed by atoms with Crippen LogP contribution in [0.15, 0.2) is 52.9 Å². The van der Waals surface area contributed by atoms with E-state index in [1.807, 2.05) is 30.3 Å². The number of hydrogen-bond donors (Lipinski definition) is 2. The maximum atomic E-state index is 12.3. The van der Waals surface area contributed by atoms with Gasteiger partial charge in [-0.25, -0.2) is 0 Å². The lowest BCUT2D eigenvalue weighted by molar-refractivity contribution is -0.118. The molecule has 1 aromatic heterocycles. The number of aromatic nitrogens is 2. The number of hydrogen-bond acceptors (Lipinski definition) is 7. The van der Waals surface area contributed by atoms with E-state index in [0.717, 1.165) is 5.75 Å². The van der Waals surface area contributed by atoms with Crippen LogP contribution in [0.4, 0.5) is 5.13 Å². The van der Waals surface area contributed by atoms with E-state index in [2.05, 4.69) is 20.8 Å². The molecule has 3 aromatic rings. The van der Waals surface area contributed by atoms with Crippen LogP contribution in [0.1, 0.15) is 10.4 Å². The van der Waals surface area contributed by atoms with Crippen molar-refractivity contribution in [1.82, 2.24) is 15.5 Å². The van der Waals surface area contributed by atoms with Crippen molar-refractivity contribution in [2.75, 3.05) is 24.2 Å². The monoisotopic (exact) mass is 482 g/mol. The number of nitrogens with one attached hydrogen (secondary N) is 2. The van der Waals surface area contributed by atoms with Crippen molar-refractivity contribution in [3.63, 3.8) is 0 Å². The van der Waals surface area contributed by atoms with Gasteiger partial charge in [0, 0.05) is 5.02 Å². The van der Waals surface area contributed by atoms with Gasteiger partial charge in [-0.1, -0.05) is 64.5 Å². The van der Waals surface area contributed by atoms with Gasteiger partial charge >= 0.3 is 0 Å². The lowest BCUT2D eigenvalue weighted by Gasteiger charge is -2.07. The number of thioether (sulfide) groups is 1. The zero-order valence-corrected chi connectivity index (χ0v) is 18.6. The van der Waals surface area contributed by atoms with Gasteiger partial charge in [0.05, 0.1) is 22.9 Å². The summed E-state index contributed by atoms with van der Waals surface area (Å²) in [5.41, 5.74) is 0.280. The highest BCUT2D eigenvalue weighted by atomic mass is 35.5. The lowest BCUT2D eigenvalue weighted by Crippen LogP contribution is -2.29. The van der Waals surface area contributed by atoms with Crippen molar-refractivity contribution in [1.29, 1.82) is 0 Å². The first-order valence-electron chi connectivity index (χ1n) is 8.68. The summed E-state index contributed by atoms with van der Waals surface area (Å²) in [4.78, 5) is 24.2. The van der Waals surface area contributed by atoms with E-state index in [1.54, 1.807) is 6.07 Å². The molecule has 0 aliphatic heterocycles. The molecule has 11 heteroatoms. The highest BCUT2D eigenvalue weighted by molar-refractivity contribution is 8.01. The Balaban J connectivity index is 1.39. The maximum absolute atomic E-state index is 12.3. The predicted molar refractivity (Wildman–Crippen MR) is 120 cm³/mol. The zero-order chi connectivity index (χ0) is 21.3. The largest absolute Gasteiger partial charge is 0.492 e. The average molecular weight is 483 g/mol. The Hall–Kier alpha value is -2.33. The van der Waals surface area contributed by atoms with Gasteiger partial charge in [0.1, 0.15) is 12.4 Å². The summed E-state index contributed by atoms with van der Waals surface area (Å²) >= 11 is 14.3. The number of carbonyl (C=O) groups excluding carboxylic acids is 2. The topological polar surface area (TPSA) is 93.2 Å². The molecule has 7 nitrogen and oxygen atoms in total. The number of halogens is 2. The molecule has 0 aliphatic carbocycles.